The molecule has 0 fully saturated rings. The highest BCUT2D eigenvalue weighted by molar-refractivity contribution is 5.95. The highest BCUT2D eigenvalue weighted by Gasteiger charge is 2.24. The first-order chi connectivity index (χ1) is 11.6. The van der Waals surface area contributed by atoms with Crippen LogP contribution in [0.4, 0.5) is 4.39 Å². The molecule has 0 aliphatic rings. The zero-order valence-corrected chi connectivity index (χ0v) is 15.6. The molecule has 2 aromatic rings. The van der Waals surface area contributed by atoms with Gasteiger partial charge in [0.2, 0.25) is 0 Å². The number of nitrogens with one attached hydrogen (secondary N) is 1. The van der Waals surface area contributed by atoms with Gasteiger partial charge in [0, 0.05) is 13.3 Å². The second-order valence-electron chi connectivity index (χ2n) is 7.21. The summed E-state index contributed by atoms with van der Waals surface area (Å²) < 4.78 is 20.4. The van der Waals surface area contributed by atoms with Crippen LogP contribution in [0.2, 0.25) is 0 Å². The fraction of sp³-hybridized carbons (Fsp3) is 0.474. The minimum atomic E-state index is -0.373. The molecule has 0 radical (unpaired) electrons. The third-order valence-electron chi connectivity index (χ3n) is 4.10. The summed E-state index contributed by atoms with van der Waals surface area (Å²) in [6.07, 6.45) is 1.39. The van der Waals surface area contributed by atoms with E-state index in [4.69, 9.17) is 4.74 Å². The number of rotatable bonds is 5. The van der Waals surface area contributed by atoms with Crippen molar-refractivity contribution in [2.24, 2.45) is 0 Å². The first-order valence-electron chi connectivity index (χ1n) is 8.29. The largest absolute Gasteiger partial charge is 0.375 e. The van der Waals surface area contributed by atoms with Crippen LogP contribution in [0, 0.1) is 12.7 Å². The molecule has 0 aliphatic heterocycles. The maximum atomic E-state index is 13.1. The first-order valence-corrected chi connectivity index (χ1v) is 8.29. The van der Waals surface area contributed by atoms with Gasteiger partial charge in [0.25, 0.3) is 5.91 Å². The van der Waals surface area contributed by atoms with Crippen molar-refractivity contribution in [1.29, 1.82) is 0 Å². The van der Waals surface area contributed by atoms with Crippen molar-refractivity contribution < 1.29 is 13.9 Å². The van der Waals surface area contributed by atoms with E-state index in [1.807, 2.05) is 34.6 Å². The van der Waals surface area contributed by atoms with Gasteiger partial charge in [-0.25, -0.2) is 4.39 Å². The quantitative estimate of drug-likeness (QED) is 0.899. The van der Waals surface area contributed by atoms with Crippen LogP contribution in [0.1, 0.15) is 55.4 Å². The smallest absolute Gasteiger partial charge is 0.255 e. The summed E-state index contributed by atoms with van der Waals surface area (Å²) in [4.78, 5) is 12.6. The van der Waals surface area contributed by atoms with Crippen LogP contribution in [-0.4, -0.2) is 28.8 Å². The Balaban J connectivity index is 2.16. The van der Waals surface area contributed by atoms with E-state index in [1.54, 1.807) is 30.1 Å². The summed E-state index contributed by atoms with van der Waals surface area (Å²) in [5, 5.41) is 7.38. The third kappa shape index (κ3) is 4.45. The second-order valence-corrected chi connectivity index (χ2v) is 7.21. The Bertz CT molecular complexity index is 732. The van der Waals surface area contributed by atoms with Gasteiger partial charge in [-0.05, 0) is 52.3 Å². The molecule has 0 unspecified atom stereocenters. The summed E-state index contributed by atoms with van der Waals surface area (Å²) in [7, 11) is 1.57. The van der Waals surface area contributed by atoms with Crippen LogP contribution in [0.25, 0.3) is 0 Å². The lowest BCUT2D eigenvalue weighted by molar-refractivity contribution is 0.0644. The molecule has 1 amide bonds. The Hall–Kier alpha value is -2.21. The van der Waals surface area contributed by atoms with E-state index in [0.29, 0.717) is 11.3 Å². The maximum Gasteiger partial charge on any atom is 0.255 e. The molecular formula is C19H26FN3O2. The van der Waals surface area contributed by atoms with E-state index >= 15 is 0 Å². The molecule has 1 aromatic carbocycles. The summed E-state index contributed by atoms with van der Waals surface area (Å²) >= 11 is 0. The lowest BCUT2D eigenvalue weighted by Gasteiger charge is -2.24. The lowest BCUT2D eigenvalue weighted by Crippen LogP contribution is -2.38. The molecular weight excluding hydrogens is 321 g/mol. The van der Waals surface area contributed by atoms with Crippen LogP contribution in [0.5, 0.6) is 0 Å². The van der Waals surface area contributed by atoms with Crippen molar-refractivity contribution >= 4 is 5.91 Å². The van der Waals surface area contributed by atoms with Crippen LogP contribution in [-0.2, 0) is 10.3 Å². The highest BCUT2D eigenvalue weighted by Crippen LogP contribution is 2.22. The predicted octanol–water partition coefficient (Wildman–Crippen LogP) is 3.59. The van der Waals surface area contributed by atoms with E-state index in [9.17, 15) is 9.18 Å². The molecule has 1 aromatic heterocycles. The van der Waals surface area contributed by atoms with Gasteiger partial charge in [-0.15, -0.1) is 0 Å². The number of aromatic nitrogens is 2. The molecule has 2 atom stereocenters. The van der Waals surface area contributed by atoms with Crippen molar-refractivity contribution in [3.8, 4) is 0 Å². The molecule has 5 nitrogen and oxygen atoms in total. The minimum Gasteiger partial charge on any atom is -0.375 e. The van der Waals surface area contributed by atoms with E-state index in [2.05, 4.69) is 10.4 Å². The van der Waals surface area contributed by atoms with Gasteiger partial charge in [-0.1, -0.05) is 12.1 Å². The van der Waals surface area contributed by atoms with Gasteiger partial charge in [-0.2, -0.15) is 5.10 Å². The molecule has 0 saturated carbocycles. The molecule has 0 aliphatic carbocycles. The number of amides is 1. The Morgan fingerprint density at radius 2 is 1.88 bits per heavy atom. The molecule has 0 spiro atoms. The minimum absolute atomic E-state index is 0.196. The molecule has 136 valence electrons. The Morgan fingerprint density at radius 3 is 2.36 bits per heavy atom. The molecule has 0 saturated heterocycles. The Morgan fingerprint density at radius 1 is 1.28 bits per heavy atom. The zero-order valence-electron chi connectivity index (χ0n) is 15.6. The van der Waals surface area contributed by atoms with Gasteiger partial charge in [0.1, 0.15) is 11.9 Å². The number of hydrogen-bond acceptors (Lipinski definition) is 3. The zero-order chi connectivity index (χ0) is 18.8. The number of hydrogen-bond donors (Lipinski definition) is 1. The van der Waals surface area contributed by atoms with Crippen LogP contribution < -0.4 is 5.32 Å². The van der Waals surface area contributed by atoms with E-state index in [0.717, 1.165) is 5.56 Å². The molecule has 0 bridgehead atoms. The summed E-state index contributed by atoms with van der Waals surface area (Å²) in [5.41, 5.74) is 1.82. The molecule has 6 heteroatoms. The van der Waals surface area contributed by atoms with Gasteiger partial charge < -0.3 is 10.1 Å². The molecule has 1 heterocycles. The first kappa shape index (κ1) is 19.1. The van der Waals surface area contributed by atoms with E-state index in [1.165, 1.54) is 12.1 Å². The van der Waals surface area contributed by atoms with Gasteiger partial charge >= 0.3 is 0 Å². The maximum absolute atomic E-state index is 13.1. The van der Waals surface area contributed by atoms with Gasteiger partial charge in [-0.3, -0.25) is 9.48 Å². The van der Waals surface area contributed by atoms with Crippen molar-refractivity contribution in [2.45, 2.75) is 52.3 Å². The summed E-state index contributed by atoms with van der Waals surface area (Å²) in [5.74, 6) is -0.509. The average molecular weight is 347 g/mol. The van der Waals surface area contributed by atoms with Crippen molar-refractivity contribution in [3.05, 3.63) is 53.1 Å². The van der Waals surface area contributed by atoms with Crippen LogP contribution >= 0.6 is 0 Å². The Labute approximate surface area is 148 Å². The number of halogens is 1. The monoisotopic (exact) mass is 347 g/mol. The number of ether oxygens (including phenoxy) is 1. The Kier molecular flexibility index (Phi) is 5.62. The third-order valence-corrected chi connectivity index (χ3v) is 4.10. The van der Waals surface area contributed by atoms with Gasteiger partial charge in [0.15, 0.2) is 0 Å². The van der Waals surface area contributed by atoms with Crippen molar-refractivity contribution in [2.75, 3.05) is 7.11 Å². The number of carbonyl (C=O) groups is 1. The van der Waals surface area contributed by atoms with Gasteiger partial charge in [0.05, 0.1) is 22.8 Å². The number of nitrogens with zero attached hydrogens (tertiary/aromatic N) is 2. The number of benzene rings is 1. The van der Waals surface area contributed by atoms with E-state index < -0.39 is 0 Å². The van der Waals surface area contributed by atoms with E-state index in [-0.39, 0.29) is 29.4 Å². The topological polar surface area (TPSA) is 56.1 Å². The van der Waals surface area contributed by atoms with Crippen LogP contribution in [0.3, 0.4) is 0 Å². The summed E-state index contributed by atoms with van der Waals surface area (Å²) in [6.45, 7) is 9.76. The normalized spacial score (nSPS) is 14.2. The predicted molar refractivity (Wildman–Crippen MR) is 95.0 cm³/mol. The summed E-state index contributed by atoms with van der Waals surface area (Å²) in [6, 6.07) is 5.80. The average Bonchev–Trinajstić information content (AvgIpc) is 2.92. The SMILES string of the molecule is CO[C@@H](c1ccc(F)cc1)[C@H](C)NC(=O)c1cn(C(C)(C)C)nc1C. The highest BCUT2D eigenvalue weighted by atomic mass is 19.1. The van der Waals surface area contributed by atoms with Crippen LogP contribution in [0.15, 0.2) is 30.5 Å². The fourth-order valence-electron chi connectivity index (χ4n) is 2.67. The van der Waals surface area contributed by atoms with Crippen molar-refractivity contribution in [3.63, 3.8) is 0 Å². The lowest BCUT2D eigenvalue weighted by atomic mass is 10.0. The number of aryl methyl sites for hydroxylation is 1. The van der Waals surface area contributed by atoms with Crippen molar-refractivity contribution in [1.82, 2.24) is 15.1 Å². The second kappa shape index (κ2) is 7.35. The number of carbonyl (C=O) groups excluding carboxylic acids is 1. The fourth-order valence-corrected chi connectivity index (χ4v) is 2.67. The standard InChI is InChI=1S/C19H26FN3O2/c1-12-16(11-23(22-12)19(3,4)5)18(24)21-13(2)17(25-6)14-7-9-15(20)10-8-14/h7-11,13,17H,1-6H3,(H,21,24)/t13-,17+/m0/s1. The number of methoxy groups -OCH3 is 1. The molecule has 2 rings (SSSR count). The molecule has 1 N–H and O–H groups in total. The molecule has 25 heavy (non-hydrogen) atoms.